The fraction of sp³-hybridized carbons (Fsp3) is 0.464. The van der Waals surface area contributed by atoms with Crippen LogP contribution in [0.2, 0.25) is 0 Å². The van der Waals surface area contributed by atoms with E-state index in [0.717, 1.165) is 38.5 Å². The molecule has 230 valence electrons. The molecule has 0 spiro atoms. The summed E-state index contributed by atoms with van der Waals surface area (Å²) in [5, 5.41) is 10.3. The molecule has 1 atom stereocenters. The molecule has 2 aromatic carbocycles. The lowest BCUT2D eigenvalue weighted by atomic mass is 9.93. The lowest BCUT2D eigenvalue weighted by Crippen LogP contribution is -2.47. The third kappa shape index (κ3) is 9.36. The van der Waals surface area contributed by atoms with Gasteiger partial charge in [-0.1, -0.05) is 25.3 Å². The van der Waals surface area contributed by atoms with Crippen molar-refractivity contribution < 1.29 is 45.8 Å². The van der Waals surface area contributed by atoms with Crippen molar-refractivity contribution in [2.45, 2.75) is 62.1 Å². The van der Waals surface area contributed by atoms with Gasteiger partial charge >= 0.3 is 12.1 Å². The number of carbonyl (C=O) groups is 3. The van der Waals surface area contributed by atoms with Gasteiger partial charge in [0.15, 0.2) is 0 Å². The van der Waals surface area contributed by atoms with Gasteiger partial charge < -0.3 is 20.1 Å². The summed E-state index contributed by atoms with van der Waals surface area (Å²) in [6, 6.07) is 12.8. The van der Waals surface area contributed by atoms with Crippen molar-refractivity contribution in [3.05, 3.63) is 54.1 Å². The Morgan fingerprint density at radius 1 is 0.976 bits per heavy atom. The number of nitrogens with zero attached hydrogens (tertiary/aromatic N) is 1. The van der Waals surface area contributed by atoms with Crippen LogP contribution in [0.1, 0.15) is 55.3 Å². The highest BCUT2D eigenvalue weighted by Gasteiger charge is 2.38. The van der Waals surface area contributed by atoms with Crippen LogP contribution in [0.15, 0.2) is 53.4 Å². The first-order chi connectivity index (χ1) is 19.8. The molecule has 1 aliphatic carbocycles. The lowest BCUT2D eigenvalue weighted by molar-refractivity contribution is -0.192. The van der Waals surface area contributed by atoms with Gasteiger partial charge in [-0.2, -0.15) is 13.2 Å². The number of amides is 2. The summed E-state index contributed by atoms with van der Waals surface area (Å²) in [4.78, 5) is 36.6. The molecule has 2 aliphatic rings. The number of methoxy groups -OCH3 is 1. The average Bonchev–Trinajstić information content (AvgIpc) is 2.97. The summed E-state index contributed by atoms with van der Waals surface area (Å²) in [6.07, 6.45) is 2.11. The summed E-state index contributed by atoms with van der Waals surface area (Å²) in [6.45, 7) is 1.01. The molecule has 2 fully saturated rings. The van der Waals surface area contributed by atoms with Gasteiger partial charge in [0.05, 0.1) is 17.9 Å². The molecule has 4 rings (SSSR count). The number of ether oxygens (including phenoxy) is 1. The smallest absolute Gasteiger partial charge is 0.490 e. The maximum Gasteiger partial charge on any atom is 0.490 e. The van der Waals surface area contributed by atoms with Crippen molar-refractivity contribution in [3.63, 3.8) is 0 Å². The highest BCUT2D eigenvalue weighted by atomic mass is 32.2. The van der Waals surface area contributed by atoms with Gasteiger partial charge in [-0.15, -0.1) is 0 Å². The standard InChI is InChI=1S/C26H33N3O5S.C2HF3O2/c1-34-23-10-5-11-24(17-23)35(32,33)28-22-14-12-19(13-15-22)26(31)29-16-6-7-20(18-29)25(30)27-21-8-3-2-4-9-21;3-2(4,5)1(6)7/h5,10-15,17,20-21,28H,2-4,6-9,16,18H2,1H3,(H,27,30);(H,6,7). The normalized spacial score (nSPS) is 17.8. The molecular weight excluding hydrogens is 579 g/mol. The highest BCUT2D eigenvalue weighted by Crippen LogP contribution is 2.24. The Labute approximate surface area is 242 Å². The number of carboxylic acids is 1. The Morgan fingerprint density at radius 2 is 1.62 bits per heavy atom. The summed E-state index contributed by atoms with van der Waals surface area (Å²) in [7, 11) is -2.32. The number of alkyl halides is 3. The van der Waals surface area contributed by atoms with E-state index in [1.54, 1.807) is 41.3 Å². The van der Waals surface area contributed by atoms with Gasteiger partial charge in [0, 0.05) is 36.4 Å². The third-order valence-corrected chi connectivity index (χ3v) is 8.39. The van der Waals surface area contributed by atoms with Gasteiger partial charge in [-0.25, -0.2) is 13.2 Å². The Kier molecular flexibility index (Phi) is 11.2. The SMILES string of the molecule is COc1cccc(S(=O)(=O)Nc2ccc(C(=O)N3CCCC(C(=O)NC4CCCCC4)C3)cc2)c1.O=C(O)C(F)(F)F. The first-order valence-corrected chi connectivity index (χ1v) is 14.9. The third-order valence-electron chi connectivity index (χ3n) is 7.01. The van der Waals surface area contributed by atoms with Crippen LogP contribution >= 0.6 is 0 Å². The number of nitrogens with one attached hydrogen (secondary N) is 2. The Bertz CT molecular complexity index is 1350. The van der Waals surface area contributed by atoms with Crippen molar-refractivity contribution in [1.82, 2.24) is 10.2 Å². The average molecular weight is 614 g/mol. The molecule has 0 aromatic heterocycles. The number of hydrogen-bond acceptors (Lipinski definition) is 6. The van der Waals surface area contributed by atoms with Crippen LogP contribution in [0.25, 0.3) is 0 Å². The molecule has 2 aromatic rings. The van der Waals surface area contributed by atoms with Crippen LogP contribution in [-0.2, 0) is 19.6 Å². The number of aliphatic carboxylic acids is 1. The summed E-state index contributed by atoms with van der Waals surface area (Å²) in [5.74, 6) is -2.60. The molecule has 14 heteroatoms. The Hall–Kier alpha value is -3.81. The predicted molar refractivity (Wildman–Crippen MR) is 148 cm³/mol. The van der Waals surface area contributed by atoms with Crippen LogP contribution in [0, 0.1) is 5.92 Å². The minimum absolute atomic E-state index is 0.0525. The molecule has 1 saturated carbocycles. The van der Waals surface area contributed by atoms with Gasteiger partial charge in [0.1, 0.15) is 5.75 Å². The number of carboxylic acid groups (broad SMARTS) is 1. The molecule has 1 aliphatic heterocycles. The molecule has 1 unspecified atom stereocenters. The van der Waals surface area contributed by atoms with Crippen molar-refractivity contribution in [2.75, 3.05) is 24.9 Å². The molecule has 0 bridgehead atoms. The second kappa shape index (κ2) is 14.4. The molecule has 1 heterocycles. The van der Waals surface area contributed by atoms with Gasteiger partial charge in [-0.3, -0.25) is 14.3 Å². The Balaban J connectivity index is 0.000000616. The van der Waals surface area contributed by atoms with Crippen molar-refractivity contribution >= 4 is 33.5 Å². The van der Waals surface area contributed by atoms with Gasteiger partial charge in [-0.05, 0) is 62.1 Å². The van der Waals surface area contributed by atoms with E-state index in [1.165, 1.54) is 25.7 Å². The number of rotatable bonds is 7. The van der Waals surface area contributed by atoms with Crippen LogP contribution in [0.4, 0.5) is 18.9 Å². The monoisotopic (exact) mass is 613 g/mol. The number of anilines is 1. The van der Waals surface area contributed by atoms with E-state index >= 15 is 0 Å². The number of piperidine rings is 1. The minimum Gasteiger partial charge on any atom is -0.497 e. The first-order valence-electron chi connectivity index (χ1n) is 13.5. The highest BCUT2D eigenvalue weighted by molar-refractivity contribution is 7.92. The quantitative estimate of drug-likeness (QED) is 0.420. The zero-order valence-electron chi connectivity index (χ0n) is 23.0. The fourth-order valence-corrected chi connectivity index (χ4v) is 5.88. The minimum atomic E-state index is -5.08. The van der Waals surface area contributed by atoms with Gasteiger partial charge in [0.25, 0.3) is 15.9 Å². The molecule has 42 heavy (non-hydrogen) atoms. The number of benzene rings is 2. The number of likely N-dealkylation sites (tertiary alicyclic amines) is 1. The second-order valence-electron chi connectivity index (χ2n) is 10.1. The van der Waals surface area contributed by atoms with E-state index < -0.39 is 22.2 Å². The largest absolute Gasteiger partial charge is 0.497 e. The van der Waals surface area contributed by atoms with Crippen LogP contribution < -0.4 is 14.8 Å². The molecule has 2 amide bonds. The molecule has 0 radical (unpaired) electrons. The van der Waals surface area contributed by atoms with E-state index in [0.29, 0.717) is 30.1 Å². The van der Waals surface area contributed by atoms with E-state index in [9.17, 15) is 31.2 Å². The lowest BCUT2D eigenvalue weighted by Gasteiger charge is -2.33. The number of sulfonamides is 1. The maximum absolute atomic E-state index is 13.1. The number of halogens is 3. The fourth-order valence-electron chi connectivity index (χ4n) is 4.79. The predicted octanol–water partition coefficient (Wildman–Crippen LogP) is 4.43. The Morgan fingerprint density at radius 3 is 2.21 bits per heavy atom. The molecule has 3 N–H and O–H groups in total. The topological polar surface area (TPSA) is 142 Å². The number of carbonyl (C=O) groups excluding carboxylic acids is 2. The van der Waals surface area contributed by atoms with Crippen molar-refractivity contribution in [1.29, 1.82) is 0 Å². The number of hydrogen-bond donors (Lipinski definition) is 3. The molecular formula is C28H34F3N3O7S. The first kappa shape index (κ1) is 32.7. The van der Waals surface area contributed by atoms with Crippen LogP contribution in [0.3, 0.4) is 0 Å². The van der Waals surface area contributed by atoms with E-state index in [1.807, 2.05) is 0 Å². The summed E-state index contributed by atoms with van der Waals surface area (Å²) in [5.41, 5.74) is 0.815. The zero-order chi connectivity index (χ0) is 30.9. The summed E-state index contributed by atoms with van der Waals surface area (Å²) >= 11 is 0. The van der Waals surface area contributed by atoms with Crippen molar-refractivity contribution in [3.8, 4) is 5.75 Å². The second-order valence-corrected chi connectivity index (χ2v) is 11.8. The van der Waals surface area contributed by atoms with E-state index in [4.69, 9.17) is 14.6 Å². The van der Waals surface area contributed by atoms with Crippen molar-refractivity contribution in [2.24, 2.45) is 5.92 Å². The van der Waals surface area contributed by atoms with Crippen LogP contribution in [0.5, 0.6) is 5.75 Å². The summed E-state index contributed by atoms with van der Waals surface area (Å²) < 4.78 is 64.8. The van der Waals surface area contributed by atoms with E-state index in [2.05, 4.69) is 10.0 Å². The molecule has 10 nitrogen and oxygen atoms in total. The maximum atomic E-state index is 13.1. The molecule has 1 saturated heterocycles. The van der Waals surface area contributed by atoms with Crippen LogP contribution in [-0.4, -0.2) is 68.6 Å². The van der Waals surface area contributed by atoms with E-state index in [-0.39, 0.29) is 28.7 Å². The van der Waals surface area contributed by atoms with Gasteiger partial charge in [0.2, 0.25) is 5.91 Å². The zero-order valence-corrected chi connectivity index (χ0v) is 23.8.